The molecule has 1 saturated heterocycles. The lowest BCUT2D eigenvalue weighted by atomic mass is 10.0. The molecule has 1 aliphatic heterocycles. The molecule has 0 bridgehead atoms. The number of aromatic nitrogens is 2. The van der Waals surface area contributed by atoms with Crippen molar-refractivity contribution in [3.8, 4) is 0 Å². The number of piperazine rings is 1. The average molecular weight is 390 g/mol. The number of pyridine rings is 1. The zero-order chi connectivity index (χ0) is 20.5. The number of nitrogens with zero attached hydrogens (tertiary/aromatic N) is 3. The fraction of sp³-hybridized carbons (Fsp3) is 0.273. The number of fused-ring (bicyclic) bond motifs is 1. The maximum Gasteiger partial charge on any atom is 0.295 e. The largest absolute Gasteiger partial charge is 0.345 e. The Morgan fingerprint density at radius 2 is 1.86 bits per heavy atom. The SMILES string of the molecule is Cc1ccnc2[nH]cc(C(=O)C(=O)N3CCN(C(=O)c4ccccc4)C[C@H]3C)c12. The van der Waals surface area contributed by atoms with Gasteiger partial charge in [-0.15, -0.1) is 0 Å². The lowest BCUT2D eigenvalue weighted by Crippen LogP contribution is -2.56. The first kappa shape index (κ1) is 18.9. The highest BCUT2D eigenvalue weighted by Gasteiger charge is 2.34. The van der Waals surface area contributed by atoms with E-state index in [1.807, 2.05) is 38.1 Å². The van der Waals surface area contributed by atoms with Crippen LogP contribution in [0.15, 0.2) is 48.8 Å². The number of nitrogens with one attached hydrogen (secondary N) is 1. The van der Waals surface area contributed by atoms with E-state index in [1.165, 1.54) is 0 Å². The van der Waals surface area contributed by atoms with E-state index in [4.69, 9.17) is 0 Å². The zero-order valence-electron chi connectivity index (χ0n) is 16.4. The van der Waals surface area contributed by atoms with Gasteiger partial charge in [-0.1, -0.05) is 18.2 Å². The predicted molar refractivity (Wildman–Crippen MR) is 109 cm³/mol. The fourth-order valence-electron chi connectivity index (χ4n) is 3.85. The fourth-order valence-corrected chi connectivity index (χ4v) is 3.85. The molecule has 1 N–H and O–H groups in total. The first-order valence-electron chi connectivity index (χ1n) is 9.59. The molecule has 2 amide bonds. The summed E-state index contributed by atoms with van der Waals surface area (Å²) in [6.45, 7) is 4.85. The maximum atomic E-state index is 12.9. The summed E-state index contributed by atoms with van der Waals surface area (Å²) in [4.78, 5) is 49.0. The molecule has 1 fully saturated rings. The van der Waals surface area contributed by atoms with Crippen LogP contribution in [0.2, 0.25) is 0 Å². The van der Waals surface area contributed by atoms with Gasteiger partial charge in [-0.05, 0) is 37.6 Å². The summed E-state index contributed by atoms with van der Waals surface area (Å²) in [6.07, 6.45) is 3.21. The summed E-state index contributed by atoms with van der Waals surface area (Å²) < 4.78 is 0. The van der Waals surface area contributed by atoms with Gasteiger partial charge in [0.25, 0.3) is 17.6 Å². The molecule has 7 heteroatoms. The number of H-pyrrole nitrogens is 1. The number of aromatic amines is 1. The molecule has 1 aromatic carbocycles. The van der Waals surface area contributed by atoms with Crippen LogP contribution in [0.25, 0.3) is 11.0 Å². The molecule has 3 heterocycles. The van der Waals surface area contributed by atoms with Gasteiger partial charge in [-0.3, -0.25) is 14.4 Å². The number of ketones is 1. The second-order valence-corrected chi connectivity index (χ2v) is 7.35. The van der Waals surface area contributed by atoms with Crippen molar-refractivity contribution in [3.05, 3.63) is 65.5 Å². The molecule has 148 valence electrons. The highest BCUT2D eigenvalue weighted by atomic mass is 16.2. The topological polar surface area (TPSA) is 86.4 Å². The Balaban J connectivity index is 1.50. The van der Waals surface area contributed by atoms with Crippen LogP contribution in [0.1, 0.15) is 33.2 Å². The Morgan fingerprint density at radius 1 is 1.10 bits per heavy atom. The molecule has 0 aliphatic carbocycles. The molecule has 7 nitrogen and oxygen atoms in total. The van der Waals surface area contributed by atoms with Gasteiger partial charge in [-0.2, -0.15) is 0 Å². The van der Waals surface area contributed by atoms with Crippen LogP contribution >= 0.6 is 0 Å². The Kier molecular flexibility index (Phi) is 4.88. The number of Topliss-reactive ketones (excluding diaryl/α,β-unsaturated/α-hetero) is 1. The van der Waals surface area contributed by atoms with Gasteiger partial charge in [0.2, 0.25) is 0 Å². The summed E-state index contributed by atoms with van der Waals surface area (Å²) in [6, 6.07) is 10.6. The monoisotopic (exact) mass is 390 g/mol. The van der Waals surface area contributed by atoms with Gasteiger partial charge in [-0.25, -0.2) is 4.98 Å². The third-order valence-electron chi connectivity index (χ3n) is 5.42. The first-order chi connectivity index (χ1) is 14.0. The smallest absolute Gasteiger partial charge is 0.295 e. The maximum absolute atomic E-state index is 12.9. The Labute approximate surface area is 168 Å². The summed E-state index contributed by atoms with van der Waals surface area (Å²) >= 11 is 0. The van der Waals surface area contributed by atoms with Crippen LogP contribution in [-0.2, 0) is 4.79 Å². The number of amides is 2. The summed E-state index contributed by atoms with van der Waals surface area (Å²) in [7, 11) is 0. The Hall–Kier alpha value is -3.48. The van der Waals surface area contributed by atoms with Crippen molar-refractivity contribution in [1.29, 1.82) is 0 Å². The van der Waals surface area contributed by atoms with Gasteiger partial charge < -0.3 is 14.8 Å². The van der Waals surface area contributed by atoms with Gasteiger partial charge in [0.15, 0.2) is 0 Å². The zero-order valence-corrected chi connectivity index (χ0v) is 16.4. The van der Waals surface area contributed by atoms with Gasteiger partial charge in [0.1, 0.15) is 5.65 Å². The van der Waals surface area contributed by atoms with Gasteiger partial charge >= 0.3 is 0 Å². The predicted octanol–water partition coefficient (Wildman–Crippen LogP) is 2.43. The summed E-state index contributed by atoms with van der Waals surface area (Å²) in [5.74, 6) is -1.16. The molecular weight excluding hydrogens is 368 g/mol. The van der Waals surface area contributed by atoms with Crippen LogP contribution in [0.4, 0.5) is 0 Å². The van der Waals surface area contributed by atoms with E-state index in [2.05, 4.69) is 9.97 Å². The molecule has 2 aromatic heterocycles. The highest BCUT2D eigenvalue weighted by molar-refractivity contribution is 6.45. The lowest BCUT2D eigenvalue weighted by Gasteiger charge is -2.39. The van der Waals surface area contributed by atoms with E-state index in [0.29, 0.717) is 41.8 Å². The van der Waals surface area contributed by atoms with Crippen LogP contribution in [0, 0.1) is 6.92 Å². The lowest BCUT2D eigenvalue weighted by molar-refractivity contribution is -0.130. The molecular formula is C22H22N4O3. The normalized spacial score (nSPS) is 16.8. The quantitative estimate of drug-likeness (QED) is 0.550. The van der Waals surface area contributed by atoms with E-state index in [0.717, 1.165) is 5.56 Å². The Morgan fingerprint density at radius 3 is 2.59 bits per heavy atom. The molecule has 3 aromatic rings. The van der Waals surface area contributed by atoms with Crippen molar-refractivity contribution in [1.82, 2.24) is 19.8 Å². The summed E-state index contributed by atoms with van der Waals surface area (Å²) in [5.41, 5.74) is 2.44. The number of carbonyl (C=O) groups is 3. The Bertz CT molecular complexity index is 1090. The molecule has 0 saturated carbocycles. The number of rotatable bonds is 3. The van der Waals surface area contributed by atoms with Crippen LogP contribution < -0.4 is 0 Å². The third-order valence-corrected chi connectivity index (χ3v) is 5.42. The van der Waals surface area contributed by atoms with Crippen LogP contribution in [0.5, 0.6) is 0 Å². The van der Waals surface area contributed by atoms with Gasteiger partial charge in [0.05, 0.1) is 5.56 Å². The van der Waals surface area contributed by atoms with E-state index in [1.54, 1.807) is 34.3 Å². The summed E-state index contributed by atoms with van der Waals surface area (Å²) in [5, 5.41) is 0.677. The molecule has 1 atom stereocenters. The minimum absolute atomic E-state index is 0.0609. The van der Waals surface area contributed by atoms with Crippen molar-refractivity contribution in [2.24, 2.45) is 0 Å². The number of aryl methyl sites for hydroxylation is 1. The molecule has 0 radical (unpaired) electrons. The molecule has 29 heavy (non-hydrogen) atoms. The number of carbonyl (C=O) groups excluding carboxylic acids is 3. The highest BCUT2D eigenvalue weighted by Crippen LogP contribution is 2.22. The number of hydrogen-bond donors (Lipinski definition) is 1. The third kappa shape index (κ3) is 3.40. The second kappa shape index (κ2) is 7.50. The van der Waals surface area contributed by atoms with Gasteiger partial charge in [0, 0.05) is 49.0 Å². The van der Waals surface area contributed by atoms with E-state index in [-0.39, 0.29) is 11.9 Å². The van der Waals surface area contributed by atoms with Crippen molar-refractivity contribution in [3.63, 3.8) is 0 Å². The number of hydrogen-bond acceptors (Lipinski definition) is 4. The van der Waals surface area contributed by atoms with Crippen molar-refractivity contribution in [2.75, 3.05) is 19.6 Å². The first-order valence-corrected chi connectivity index (χ1v) is 9.59. The van der Waals surface area contributed by atoms with E-state index in [9.17, 15) is 14.4 Å². The van der Waals surface area contributed by atoms with Crippen molar-refractivity contribution >= 4 is 28.6 Å². The number of benzene rings is 1. The van der Waals surface area contributed by atoms with Crippen LogP contribution in [-0.4, -0.2) is 63.0 Å². The average Bonchev–Trinajstić information content (AvgIpc) is 3.18. The molecule has 0 spiro atoms. The minimum atomic E-state index is -0.554. The molecule has 1 aliphatic rings. The van der Waals surface area contributed by atoms with Crippen molar-refractivity contribution in [2.45, 2.75) is 19.9 Å². The molecule has 4 rings (SSSR count). The molecule has 0 unspecified atom stereocenters. The minimum Gasteiger partial charge on any atom is -0.345 e. The van der Waals surface area contributed by atoms with Crippen LogP contribution in [0.3, 0.4) is 0 Å². The second-order valence-electron chi connectivity index (χ2n) is 7.35. The van der Waals surface area contributed by atoms with E-state index >= 15 is 0 Å². The van der Waals surface area contributed by atoms with E-state index < -0.39 is 11.7 Å². The standard InChI is InChI=1S/C22H22N4O3/c1-14-8-9-23-20-18(14)17(12-24-20)19(27)22(29)26-11-10-25(13-15(26)2)21(28)16-6-4-3-5-7-16/h3-9,12,15H,10-11,13H2,1-2H3,(H,23,24)/t15-/m1/s1. The van der Waals surface area contributed by atoms with Crippen molar-refractivity contribution < 1.29 is 14.4 Å².